The average Bonchev–Trinajstić information content (AvgIpc) is 3.29. The van der Waals surface area contributed by atoms with Gasteiger partial charge in [0.2, 0.25) is 0 Å². The second-order valence-electron chi connectivity index (χ2n) is 8.74. The van der Waals surface area contributed by atoms with E-state index in [1.807, 2.05) is 54.6 Å². The van der Waals surface area contributed by atoms with Gasteiger partial charge in [-0.25, -0.2) is 0 Å². The van der Waals surface area contributed by atoms with Crippen LogP contribution in [0.3, 0.4) is 0 Å². The number of fused-ring (bicyclic) bond motifs is 3. The summed E-state index contributed by atoms with van der Waals surface area (Å²) in [6.07, 6.45) is 0. The van der Waals surface area contributed by atoms with Crippen LogP contribution >= 0.6 is 0 Å². The first kappa shape index (κ1) is 21.9. The predicted octanol–water partition coefficient (Wildman–Crippen LogP) is 7.73. The monoisotopic (exact) mass is 470 g/mol. The summed E-state index contributed by atoms with van der Waals surface area (Å²) in [5.41, 5.74) is 7.95. The molecule has 6 rings (SSSR count). The Kier molecular flexibility index (Phi) is 5.24. The highest BCUT2D eigenvalue weighted by Gasteiger charge is 2.17. The number of aromatic nitrogens is 1. The molecule has 1 aromatic heterocycles. The van der Waals surface area contributed by atoms with Crippen LogP contribution in [-0.4, -0.2) is 4.57 Å². The van der Waals surface area contributed by atoms with Crippen molar-refractivity contribution in [2.75, 3.05) is 0 Å². The van der Waals surface area contributed by atoms with Crippen molar-refractivity contribution in [2.24, 2.45) is 0 Å². The minimum Gasteiger partial charge on any atom is -0.309 e. The standard InChI is InChI=1S/C33H18N4/c34-19-24-7-4-5-12-28(24)22-13-15-29-30-17-23(33-25(20-35)8-6-9-26(33)21-36)14-16-31(30)37(32(29)18-22)27-10-2-1-3-11-27/h1-18H. The average molecular weight is 471 g/mol. The summed E-state index contributed by atoms with van der Waals surface area (Å²) in [5.74, 6) is 0. The summed E-state index contributed by atoms with van der Waals surface area (Å²) >= 11 is 0. The van der Waals surface area contributed by atoms with Gasteiger partial charge < -0.3 is 4.57 Å². The smallest absolute Gasteiger partial charge is 0.0998 e. The highest BCUT2D eigenvalue weighted by atomic mass is 15.0. The van der Waals surface area contributed by atoms with Gasteiger partial charge in [0.25, 0.3) is 0 Å². The summed E-state index contributed by atoms with van der Waals surface area (Å²) in [6, 6.07) is 42.1. The molecular weight excluding hydrogens is 452 g/mol. The molecule has 0 unspecified atom stereocenters. The molecule has 0 N–H and O–H groups in total. The molecular formula is C33H18N4. The van der Waals surface area contributed by atoms with Crippen LogP contribution in [0.25, 0.3) is 49.7 Å². The zero-order chi connectivity index (χ0) is 25.4. The van der Waals surface area contributed by atoms with Crippen LogP contribution in [0.2, 0.25) is 0 Å². The molecule has 1 heterocycles. The van der Waals surface area contributed by atoms with Gasteiger partial charge in [0.1, 0.15) is 0 Å². The lowest BCUT2D eigenvalue weighted by Gasteiger charge is -2.10. The van der Waals surface area contributed by atoms with Crippen molar-refractivity contribution < 1.29 is 0 Å². The third-order valence-corrected chi connectivity index (χ3v) is 6.73. The largest absolute Gasteiger partial charge is 0.309 e. The van der Waals surface area contributed by atoms with E-state index in [0.29, 0.717) is 22.3 Å². The van der Waals surface area contributed by atoms with Crippen LogP contribution in [0.15, 0.2) is 109 Å². The number of hydrogen-bond acceptors (Lipinski definition) is 3. The Morgan fingerprint density at radius 3 is 1.86 bits per heavy atom. The first-order chi connectivity index (χ1) is 18.2. The second-order valence-corrected chi connectivity index (χ2v) is 8.74. The summed E-state index contributed by atoms with van der Waals surface area (Å²) < 4.78 is 2.22. The fourth-order valence-electron chi connectivity index (χ4n) is 5.08. The Hall–Kier alpha value is -5.63. The fourth-order valence-corrected chi connectivity index (χ4v) is 5.08. The number of benzene rings is 5. The predicted molar refractivity (Wildman–Crippen MR) is 146 cm³/mol. The van der Waals surface area contributed by atoms with Crippen molar-refractivity contribution in [2.45, 2.75) is 0 Å². The van der Waals surface area contributed by atoms with Gasteiger partial charge in [-0.15, -0.1) is 0 Å². The van der Waals surface area contributed by atoms with Crippen molar-refractivity contribution in [3.05, 3.63) is 126 Å². The lowest BCUT2D eigenvalue weighted by atomic mass is 9.94. The molecule has 0 amide bonds. The topological polar surface area (TPSA) is 76.3 Å². The minimum absolute atomic E-state index is 0.473. The number of para-hydroxylation sites is 1. The van der Waals surface area contributed by atoms with Crippen molar-refractivity contribution in [1.29, 1.82) is 15.8 Å². The highest BCUT2D eigenvalue weighted by molar-refractivity contribution is 6.11. The molecule has 37 heavy (non-hydrogen) atoms. The molecule has 0 atom stereocenters. The van der Waals surface area contributed by atoms with E-state index in [1.165, 1.54) is 0 Å². The van der Waals surface area contributed by atoms with Crippen LogP contribution in [0.1, 0.15) is 16.7 Å². The van der Waals surface area contributed by atoms with Crippen molar-refractivity contribution in [3.63, 3.8) is 0 Å². The van der Waals surface area contributed by atoms with Gasteiger partial charge in [0.05, 0.1) is 45.9 Å². The first-order valence-corrected chi connectivity index (χ1v) is 11.8. The van der Waals surface area contributed by atoms with Crippen LogP contribution in [0.4, 0.5) is 0 Å². The fraction of sp³-hybridized carbons (Fsp3) is 0. The Bertz CT molecular complexity index is 1930. The van der Waals surface area contributed by atoms with Crippen molar-refractivity contribution in [1.82, 2.24) is 4.57 Å². The zero-order valence-corrected chi connectivity index (χ0v) is 19.7. The maximum absolute atomic E-state index is 9.73. The van der Waals surface area contributed by atoms with Crippen molar-refractivity contribution >= 4 is 21.8 Å². The van der Waals surface area contributed by atoms with Crippen molar-refractivity contribution in [3.8, 4) is 46.1 Å². The summed E-state index contributed by atoms with van der Waals surface area (Å²) in [4.78, 5) is 0. The summed E-state index contributed by atoms with van der Waals surface area (Å²) in [7, 11) is 0. The SMILES string of the molecule is N#Cc1ccccc1-c1ccc2c3cc(-c4c(C#N)cccc4C#N)ccc3n(-c3ccccc3)c2c1. The van der Waals surface area contributed by atoms with Crippen LogP contribution in [0.5, 0.6) is 0 Å². The van der Waals surface area contributed by atoms with Crippen LogP contribution in [-0.2, 0) is 0 Å². The maximum atomic E-state index is 9.73. The molecule has 6 aromatic rings. The normalized spacial score (nSPS) is 10.6. The Labute approximate surface area is 214 Å². The molecule has 0 bridgehead atoms. The number of nitriles is 3. The van der Waals surface area contributed by atoms with E-state index in [9.17, 15) is 15.8 Å². The molecule has 4 nitrogen and oxygen atoms in total. The number of hydrogen-bond donors (Lipinski definition) is 0. The Morgan fingerprint density at radius 2 is 1.14 bits per heavy atom. The van der Waals surface area contributed by atoms with E-state index in [1.54, 1.807) is 18.2 Å². The van der Waals surface area contributed by atoms with E-state index in [2.05, 4.69) is 59.2 Å². The Balaban J connectivity index is 1.68. The molecule has 0 fully saturated rings. The number of nitrogens with zero attached hydrogens (tertiary/aromatic N) is 4. The van der Waals surface area contributed by atoms with Gasteiger partial charge >= 0.3 is 0 Å². The lowest BCUT2D eigenvalue weighted by Crippen LogP contribution is -1.94. The van der Waals surface area contributed by atoms with Gasteiger partial charge in [0, 0.05) is 22.0 Å². The highest BCUT2D eigenvalue weighted by Crippen LogP contribution is 2.38. The molecule has 0 saturated carbocycles. The van der Waals surface area contributed by atoms with E-state index in [0.717, 1.165) is 44.2 Å². The number of rotatable bonds is 3. The van der Waals surface area contributed by atoms with E-state index < -0.39 is 0 Å². The molecule has 5 aromatic carbocycles. The molecule has 170 valence electrons. The van der Waals surface area contributed by atoms with Crippen LogP contribution < -0.4 is 0 Å². The molecule has 0 saturated heterocycles. The van der Waals surface area contributed by atoms with Gasteiger partial charge in [-0.2, -0.15) is 15.8 Å². The third kappa shape index (κ3) is 3.52. The maximum Gasteiger partial charge on any atom is 0.0998 e. The molecule has 0 spiro atoms. The molecule has 0 aliphatic rings. The quantitative estimate of drug-likeness (QED) is 0.265. The molecule has 0 aliphatic carbocycles. The molecule has 0 radical (unpaired) electrons. The van der Waals surface area contributed by atoms with Gasteiger partial charge in [-0.05, 0) is 65.2 Å². The third-order valence-electron chi connectivity index (χ3n) is 6.73. The van der Waals surface area contributed by atoms with Crippen LogP contribution in [0, 0.1) is 34.0 Å². The second kappa shape index (κ2) is 8.86. The Morgan fingerprint density at radius 1 is 0.486 bits per heavy atom. The van der Waals surface area contributed by atoms with Gasteiger partial charge in [-0.3, -0.25) is 0 Å². The first-order valence-electron chi connectivity index (χ1n) is 11.8. The van der Waals surface area contributed by atoms with Gasteiger partial charge in [0.15, 0.2) is 0 Å². The molecule has 0 aliphatic heterocycles. The van der Waals surface area contributed by atoms with E-state index >= 15 is 0 Å². The summed E-state index contributed by atoms with van der Waals surface area (Å²) in [6.45, 7) is 0. The van der Waals surface area contributed by atoms with E-state index in [4.69, 9.17) is 0 Å². The zero-order valence-electron chi connectivity index (χ0n) is 19.7. The summed E-state index contributed by atoms with van der Waals surface area (Å²) in [5, 5.41) is 31.2. The molecule has 4 heteroatoms. The lowest BCUT2D eigenvalue weighted by molar-refractivity contribution is 1.18. The van der Waals surface area contributed by atoms with Gasteiger partial charge in [-0.1, -0.05) is 60.7 Å². The minimum atomic E-state index is 0.473. The van der Waals surface area contributed by atoms with E-state index in [-0.39, 0.29) is 0 Å².